The van der Waals surface area contributed by atoms with Gasteiger partial charge in [-0.1, -0.05) is 40.3 Å². The van der Waals surface area contributed by atoms with Crippen molar-refractivity contribution in [2.45, 2.75) is 39.2 Å². The highest BCUT2D eigenvalue weighted by Gasteiger charge is 2.62. The van der Waals surface area contributed by atoms with Crippen molar-refractivity contribution in [2.24, 2.45) is 5.92 Å². The maximum Gasteiger partial charge on any atom is 0.324 e. The Morgan fingerprint density at radius 2 is 2.14 bits per heavy atom. The van der Waals surface area contributed by atoms with Gasteiger partial charge in [0.05, 0.1) is 4.88 Å². The molecular formula is C20H21N5O2S. The van der Waals surface area contributed by atoms with Gasteiger partial charge in [0, 0.05) is 12.7 Å². The van der Waals surface area contributed by atoms with Crippen molar-refractivity contribution in [1.29, 1.82) is 0 Å². The van der Waals surface area contributed by atoms with Crippen molar-refractivity contribution < 1.29 is 9.32 Å². The maximum absolute atomic E-state index is 13.0. The van der Waals surface area contributed by atoms with Crippen LogP contribution in [0.5, 0.6) is 0 Å². The number of hydrogen-bond donors (Lipinski definition) is 1. The van der Waals surface area contributed by atoms with E-state index in [-0.39, 0.29) is 6.03 Å². The highest BCUT2D eigenvalue weighted by atomic mass is 32.1. The molecule has 1 aromatic carbocycles. The Balaban J connectivity index is 1.36. The highest BCUT2D eigenvalue weighted by molar-refractivity contribution is 7.19. The monoisotopic (exact) mass is 395 g/mol. The van der Waals surface area contributed by atoms with Crippen molar-refractivity contribution >= 4 is 22.5 Å². The van der Waals surface area contributed by atoms with E-state index in [0.717, 1.165) is 23.3 Å². The quantitative estimate of drug-likeness (QED) is 0.716. The molecule has 2 aromatic heterocycles. The Morgan fingerprint density at radius 1 is 1.32 bits per heavy atom. The molecule has 3 aromatic rings. The third-order valence-electron chi connectivity index (χ3n) is 5.75. The Hall–Kier alpha value is -2.74. The molecule has 0 radical (unpaired) electrons. The van der Waals surface area contributed by atoms with E-state index in [2.05, 4.69) is 52.5 Å². The first-order chi connectivity index (χ1) is 13.4. The Kier molecular flexibility index (Phi) is 3.80. The van der Waals surface area contributed by atoms with Crippen molar-refractivity contribution in [3.05, 3.63) is 47.2 Å². The number of anilines is 1. The average molecular weight is 395 g/mol. The predicted molar refractivity (Wildman–Crippen MR) is 106 cm³/mol. The van der Waals surface area contributed by atoms with Crippen LogP contribution < -0.4 is 5.32 Å². The van der Waals surface area contributed by atoms with E-state index in [4.69, 9.17) is 4.52 Å². The van der Waals surface area contributed by atoms with Crippen molar-refractivity contribution in [1.82, 2.24) is 20.0 Å². The number of rotatable bonds is 3. The molecule has 4 heterocycles. The zero-order valence-corrected chi connectivity index (χ0v) is 16.8. The van der Waals surface area contributed by atoms with E-state index in [9.17, 15) is 4.79 Å². The summed E-state index contributed by atoms with van der Waals surface area (Å²) in [6.07, 6.45) is 3.58. The molecule has 28 heavy (non-hydrogen) atoms. The Labute approximate surface area is 166 Å². The van der Waals surface area contributed by atoms with E-state index in [1.54, 1.807) is 6.92 Å². The smallest absolute Gasteiger partial charge is 0.324 e. The third kappa shape index (κ3) is 2.63. The number of thiazole rings is 1. The molecule has 1 saturated carbocycles. The summed E-state index contributed by atoms with van der Waals surface area (Å²) < 4.78 is 5.41. The van der Waals surface area contributed by atoms with E-state index < -0.39 is 5.54 Å². The van der Waals surface area contributed by atoms with E-state index in [0.29, 0.717) is 29.3 Å². The summed E-state index contributed by atoms with van der Waals surface area (Å²) in [5.41, 5.74) is 3.12. The predicted octanol–water partition coefficient (Wildman–Crippen LogP) is 4.27. The standard InChI is InChI=1S/C20H21N5O2S/c1-11-4-5-15(12(2)6-11)16-9-21-18(28-16)23-19(26)25-10-14-7-20(25,8-14)17-22-13(3)24-27-17/h4-6,9,14H,7-8,10H2,1-3H3,(H,21,23,26). The molecule has 1 aliphatic carbocycles. The number of benzene rings is 1. The molecule has 7 nitrogen and oxygen atoms in total. The van der Waals surface area contributed by atoms with Gasteiger partial charge in [0.15, 0.2) is 11.0 Å². The molecule has 3 fully saturated rings. The molecule has 2 amide bonds. The van der Waals surface area contributed by atoms with Gasteiger partial charge in [0.2, 0.25) is 0 Å². The summed E-state index contributed by atoms with van der Waals surface area (Å²) in [5, 5.41) is 7.47. The zero-order valence-electron chi connectivity index (χ0n) is 16.0. The van der Waals surface area contributed by atoms with E-state index in [1.807, 2.05) is 11.1 Å². The minimum Gasteiger partial charge on any atom is -0.337 e. The fourth-order valence-electron chi connectivity index (χ4n) is 4.44. The first-order valence-electron chi connectivity index (χ1n) is 9.37. The van der Waals surface area contributed by atoms with Crippen molar-refractivity contribution in [3.8, 4) is 10.4 Å². The first-order valence-corrected chi connectivity index (χ1v) is 10.2. The van der Waals surface area contributed by atoms with Gasteiger partial charge >= 0.3 is 6.03 Å². The fourth-order valence-corrected chi connectivity index (χ4v) is 5.33. The molecule has 2 bridgehead atoms. The summed E-state index contributed by atoms with van der Waals surface area (Å²) in [5.74, 6) is 1.64. The molecule has 2 saturated heterocycles. The van der Waals surface area contributed by atoms with Crippen LogP contribution in [-0.4, -0.2) is 32.6 Å². The normalized spacial score (nSPS) is 23.0. The SMILES string of the molecule is Cc1ccc(-c2cnc(NC(=O)N3CC4CC3(c3nc(C)no3)C4)s2)c(C)c1. The molecule has 1 N–H and O–H groups in total. The number of urea groups is 1. The average Bonchev–Trinajstić information content (AvgIpc) is 3.36. The molecule has 0 spiro atoms. The van der Waals surface area contributed by atoms with E-state index >= 15 is 0 Å². The number of hydrogen-bond acceptors (Lipinski definition) is 6. The van der Waals surface area contributed by atoms with Crippen LogP contribution in [0.15, 0.2) is 28.9 Å². The Bertz CT molecular complexity index is 1070. The van der Waals surface area contributed by atoms with Gasteiger partial charge < -0.3 is 9.42 Å². The van der Waals surface area contributed by atoms with Crippen LogP contribution in [0.2, 0.25) is 0 Å². The second-order valence-corrected chi connectivity index (χ2v) is 8.87. The van der Waals surface area contributed by atoms with Gasteiger partial charge in [-0.05, 0) is 50.7 Å². The topological polar surface area (TPSA) is 84.2 Å². The van der Waals surface area contributed by atoms with Crippen molar-refractivity contribution in [2.75, 3.05) is 11.9 Å². The van der Waals surface area contributed by atoms with Crippen LogP contribution >= 0.6 is 11.3 Å². The second kappa shape index (κ2) is 6.13. The van der Waals surface area contributed by atoms with E-state index in [1.165, 1.54) is 22.5 Å². The lowest BCUT2D eigenvalue weighted by Crippen LogP contribution is -2.47. The number of fused-ring (bicyclic) bond motifs is 1. The number of aromatic nitrogens is 3. The number of aryl methyl sites for hydroxylation is 3. The molecule has 8 heteroatoms. The van der Waals surface area contributed by atoms with Gasteiger partial charge in [-0.15, -0.1) is 0 Å². The van der Waals surface area contributed by atoms with Gasteiger partial charge in [-0.25, -0.2) is 9.78 Å². The largest absolute Gasteiger partial charge is 0.337 e. The summed E-state index contributed by atoms with van der Waals surface area (Å²) >= 11 is 1.49. The van der Waals surface area contributed by atoms with Crippen LogP contribution in [-0.2, 0) is 5.54 Å². The maximum atomic E-state index is 13.0. The lowest BCUT2D eigenvalue weighted by Gasteiger charge is -2.38. The number of carbonyl (C=O) groups excluding carboxylic acids is 1. The summed E-state index contributed by atoms with van der Waals surface area (Å²) in [7, 11) is 0. The van der Waals surface area contributed by atoms with Gasteiger partial charge in [-0.2, -0.15) is 4.98 Å². The van der Waals surface area contributed by atoms with Gasteiger partial charge in [-0.3, -0.25) is 5.32 Å². The molecule has 2 aliphatic heterocycles. The lowest BCUT2D eigenvalue weighted by atomic mass is 9.73. The highest BCUT2D eigenvalue weighted by Crippen LogP contribution is 2.56. The minimum atomic E-state index is -0.455. The van der Waals surface area contributed by atoms with Crippen LogP contribution in [0.25, 0.3) is 10.4 Å². The van der Waals surface area contributed by atoms with Gasteiger partial charge in [0.25, 0.3) is 5.89 Å². The van der Waals surface area contributed by atoms with Crippen LogP contribution in [0.1, 0.15) is 35.7 Å². The number of nitrogens with zero attached hydrogens (tertiary/aromatic N) is 4. The minimum absolute atomic E-state index is 0.155. The van der Waals surface area contributed by atoms with Crippen LogP contribution in [0, 0.1) is 26.7 Å². The van der Waals surface area contributed by atoms with Crippen LogP contribution in [0.3, 0.4) is 0 Å². The van der Waals surface area contributed by atoms with Gasteiger partial charge in [0.1, 0.15) is 5.54 Å². The van der Waals surface area contributed by atoms with Crippen molar-refractivity contribution in [3.63, 3.8) is 0 Å². The fraction of sp³-hybridized carbons (Fsp3) is 0.400. The molecule has 144 valence electrons. The second-order valence-electron chi connectivity index (χ2n) is 7.84. The third-order valence-corrected chi connectivity index (χ3v) is 6.69. The molecule has 3 aliphatic rings. The molecular weight excluding hydrogens is 374 g/mol. The number of nitrogens with one attached hydrogen (secondary N) is 1. The van der Waals surface area contributed by atoms with Crippen LogP contribution in [0.4, 0.5) is 9.93 Å². The summed E-state index contributed by atoms with van der Waals surface area (Å²) in [4.78, 5) is 24.7. The molecule has 6 rings (SSSR count). The number of amides is 2. The first kappa shape index (κ1) is 17.4. The summed E-state index contributed by atoms with van der Waals surface area (Å²) in [6, 6.07) is 6.19. The summed E-state index contributed by atoms with van der Waals surface area (Å²) in [6.45, 7) is 6.68. The molecule has 0 atom stereocenters. The number of carbonyl (C=O) groups is 1. The zero-order chi connectivity index (χ0) is 19.5. The lowest BCUT2D eigenvalue weighted by molar-refractivity contribution is 0.0898. The Morgan fingerprint density at radius 3 is 2.86 bits per heavy atom. The molecule has 0 unspecified atom stereocenters.